The molecule has 9 nitrogen and oxygen atoms in total. The van der Waals surface area contributed by atoms with Crippen molar-refractivity contribution < 1.29 is 24.5 Å². The number of rotatable bonds is 5. The third-order valence-electron chi connectivity index (χ3n) is 4.39. The Bertz CT molecular complexity index is 976. The number of aromatic nitrogens is 1. The number of carbonyl (C=O) groups excluding carboxylic acids is 2. The Hall–Kier alpha value is -2.97. The van der Waals surface area contributed by atoms with Crippen LogP contribution in [0.4, 0.5) is 4.79 Å². The number of hydrogen-bond acceptors (Lipinski definition) is 8. The maximum atomic E-state index is 12.3. The first-order valence-corrected chi connectivity index (χ1v) is 9.92. The number of aliphatic hydroxyl groups excluding tert-OH is 2. The first-order chi connectivity index (χ1) is 14.4. The van der Waals surface area contributed by atoms with E-state index in [-0.39, 0.29) is 24.2 Å². The van der Waals surface area contributed by atoms with Gasteiger partial charge >= 0.3 is 6.03 Å². The van der Waals surface area contributed by atoms with E-state index in [0.29, 0.717) is 5.03 Å². The van der Waals surface area contributed by atoms with Crippen LogP contribution >= 0.6 is 11.8 Å². The molecule has 30 heavy (non-hydrogen) atoms. The van der Waals surface area contributed by atoms with Gasteiger partial charge in [-0.2, -0.15) is 5.26 Å². The summed E-state index contributed by atoms with van der Waals surface area (Å²) in [6.45, 7) is 1.60. The molecule has 1 saturated heterocycles. The quantitative estimate of drug-likeness (QED) is 0.558. The largest absolute Gasteiger partial charge is 0.394 e. The predicted molar refractivity (Wildman–Crippen MR) is 107 cm³/mol. The van der Waals surface area contributed by atoms with Gasteiger partial charge in [-0.1, -0.05) is 29.5 Å². The molecule has 10 heteroatoms. The molecule has 1 aliphatic rings. The molecule has 4 N–H and O–H groups in total. The minimum absolute atomic E-state index is 0.0514. The van der Waals surface area contributed by atoms with Crippen molar-refractivity contribution in [2.24, 2.45) is 0 Å². The fourth-order valence-electron chi connectivity index (χ4n) is 2.80. The van der Waals surface area contributed by atoms with E-state index in [9.17, 15) is 20.0 Å². The van der Waals surface area contributed by atoms with Gasteiger partial charge in [0.25, 0.3) is 5.91 Å². The van der Waals surface area contributed by atoms with Gasteiger partial charge in [-0.3, -0.25) is 10.1 Å². The maximum Gasteiger partial charge on any atom is 0.323 e. The number of nitrogens with one attached hydrogen (secondary N) is 2. The molecular weight excluding hydrogens is 408 g/mol. The summed E-state index contributed by atoms with van der Waals surface area (Å²) in [7, 11) is 0. The minimum Gasteiger partial charge on any atom is -0.394 e. The lowest BCUT2D eigenvalue weighted by molar-refractivity contribution is -0.0272. The lowest BCUT2D eigenvalue weighted by atomic mass is 10.2. The molecule has 1 aliphatic heterocycles. The van der Waals surface area contributed by atoms with Gasteiger partial charge < -0.3 is 20.3 Å². The van der Waals surface area contributed by atoms with Gasteiger partial charge in [0.1, 0.15) is 23.4 Å². The van der Waals surface area contributed by atoms with Crippen LogP contribution in [0.1, 0.15) is 27.9 Å². The molecule has 0 aliphatic carbocycles. The summed E-state index contributed by atoms with van der Waals surface area (Å²) < 4.78 is 5.26. The number of nitrogens with zero attached hydrogens (tertiary/aromatic N) is 2. The number of amides is 3. The number of aryl methyl sites for hydroxylation is 1. The molecule has 3 rings (SSSR count). The van der Waals surface area contributed by atoms with Crippen LogP contribution in [0.2, 0.25) is 0 Å². The second-order valence-corrected chi connectivity index (χ2v) is 7.74. The van der Waals surface area contributed by atoms with E-state index in [1.165, 1.54) is 24.0 Å². The Labute approximate surface area is 177 Å². The van der Waals surface area contributed by atoms with Crippen LogP contribution in [0.25, 0.3) is 0 Å². The van der Waals surface area contributed by atoms with E-state index >= 15 is 0 Å². The van der Waals surface area contributed by atoms with E-state index in [4.69, 9.17) is 9.84 Å². The van der Waals surface area contributed by atoms with Gasteiger partial charge in [-0.05, 0) is 25.1 Å². The molecule has 1 aromatic carbocycles. The molecule has 0 unspecified atom stereocenters. The first-order valence-electron chi connectivity index (χ1n) is 9.10. The Morgan fingerprint density at radius 2 is 2.10 bits per heavy atom. The standard InChI is InChI=1S/C20H20N4O5S/c1-11-2-4-14(5-3-11)30-19-12(8-21)6-13(9-22-19)18(27)24-20(28)23-17-7-15(26)16(10-25)29-17/h2-6,9,15-17,25-26H,7,10H2,1H3,(H2,23,24,27,28)/t15-,16+,17+/m0/s1. The average molecular weight is 428 g/mol. The molecule has 0 radical (unpaired) electrons. The van der Waals surface area contributed by atoms with Crippen LogP contribution in [-0.4, -0.2) is 52.2 Å². The number of ether oxygens (including phenoxy) is 1. The van der Waals surface area contributed by atoms with Gasteiger partial charge in [0, 0.05) is 17.5 Å². The van der Waals surface area contributed by atoms with Crippen molar-refractivity contribution in [2.45, 2.75) is 41.7 Å². The van der Waals surface area contributed by atoms with Gasteiger partial charge in [0.15, 0.2) is 0 Å². The number of benzene rings is 1. The minimum atomic E-state index is -0.906. The lowest BCUT2D eigenvalue weighted by Crippen LogP contribution is -2.44. The molecule has 156 valence electrons. The van der Waals surface area contributed by atoms with Crippen molar-refractivity contribution in [1.29, 1.82) is 5.26 Å². The van der Waals surface area contributed by atoms with Crippen LogP contribution in [-0.2, 0) is 4.74 Å². The normalized spacial score (nSPS) is 20.4. The molecule has 2 aromatic rings. The fraction of sp³-hybridized carbons (Fsp3) is 0.300. The Morgan fingerprint density at radius 3 is 2.73 bits per heavy atom. The first kappa shape index (κ1) is 21.7. The zero-order valence-electron chi connectivity index (χ0n) is 16.0. The molecular formula is C20H20N4O5S. The van der Waals surface area contributed by atoms with E-state index in [2.05, 4.69) is 15.6 Å². The third kappa shape index (κ3) is 5.34. The van der Waals surface area contributed by atoms with Crippen molar-refractivity contribution in [1.82, 2.24) is 15.6 Å². The summed E-state index contributed by atoms with van der Waals surface area (Å²) in [6, 6.07) is 10.3. The summed E-state index contributed by atoms with van der Waals surface area (Å²) in [6.07, 6.45) is -1.13. The van der Waals surface area contributed by atoms with E-state index in [0.717, 1.165) is 10.5 Å². The van der Waals surface area contributed by atoms with Crippen LogP contribution in [0.3, 0.4) is 0 Å². The highest BCUT2D eigenvalue weighted by Crippen LogP contribution is 2.29. The molecule has 0 saturated carbocycles. The number of hydrogen-bond donors (Lipinski definition) is 4. The molecule has 1 aromatic heterocycles. The van der Waals surface area contributed by atoms with Crippen molar-refractivity contribution in [2.75, 3.05) is 6.61 Å². The van der Waals surface area contributed by atoms with E-state index < -0.39 is 30.4 Å². The Balaban J connectivity index is 1.62. The van der Waals surface area contributed by atoms with Crippen LogP contribution in [0.5, 0.6) is 0 Å². The highest BCUT2D eigenvalue weighted by Gasteiger charge is 2.34. The van der Waals surface area contributed by atoms with Crippen molar-refractivity contribution >= 4 is 23.7 Å². The van der Waals surface area contributed by atoms with E-state index in [1.54, 1.807) is 0 Å². The number of pyridine rings is 1. The lowest BCUT2D eigenvalue weighted by Gasteiger charge is -2.14. The molecule has 1 fully saturated rings. The zero-order valence-corrected chi connectivity index (χ0v) is 16.8. The van der Waals surface area contributed by atoms with Crippen LogP contribution in [0, 0.1) is 18.3 Å². The topological polar surface area (TPSA) is 145 Å². The van der Waals surface area contributed by atoms with Crippen LogP contribution < -0.4 is 10.6 Å². The molecule has 0 bridgehead atoms. The van der Waals surface area contributed by atoms with Crippen molar-refractivity contribution in [3.63, 3.8) is 0 Å². The number of imide groups is 1. The highest BCUT2D eigenvalue weighted by atomic mass is 32.2. The summed E-state index contributed by atoms with van der Waals surface area (Å²) >= 11 is 1.30. The van der Waals surface area contributed by atoms with Crippen molar-refractivity contribution in [3.05, 3.63) is 53.2 Å². The average Bonchev–Trinajstić information content (AvgIpc) is 3.08. The maximum absolute atomic E-state index is 12.3. The van der Waals surface area contributed by atoms with E-state index in [1.807, 2.05) is 37.3 Å². The number of carbonyl (C=O) groups is 2. The number of aliphatic hydroxyl groups is 2. The van der Waals surface area contributed by atoms with Gasteiger partial charge in [-0.15, -0.1) is 0 Å². The predicted octanol–water partition coefficient (Wildman–Crippen LogP) is 1.32. The number of urea groups is 1. The Kier molecular flexibility index (Phi) is 7.02. The highest BCUT2D eigenvalue weighted by molar-refractivity contribution is 7.99. The second-order valence-electron chi connectivity index (χ2n) is 6.68. The number of nitriles is 1. The monoisotopic (exact) mass is 428 g/mol. The Morgan fingerprint density at radius 1 is 1.37 bits per heavy atom. The van der Waals surface area contributed by atoms with Crippen molar-refractivity contribution in [3.8, 4) is 6.07 Å². The zero-order chi connectivity index (χ0) is 21.7. The summed E-state index contributed by atoms with van der Waals surface area (Å²) in [5.41, 5.74) is 1.37. The molecule has 3 atom stereocenters. The fourth-order valence-corrected chi connectivity index (χ4v) is 3.61. The SMILES string of the molecule is Cc1ccc(Sc2ncc(C(=O)NC(=O)N[C@H]3C[C@H](O)[C@@H](CO)O3)cc2C#N)cc1. The van der Waals surface area contributed by atoms with Gasteiger partial charge in [-0.25, -0.2) is 9.78 Å². The summed E-state index contributed by atoms with van der Waals surface area (Å²) in [4.78, 5) is 29.4. The summed E-state index contributed by atoms with van der Waals surface area (Å²) in [5, 5.41) is 33.1. The molecule has 3 amide bonds. The molecule has 0 spiro atoms. The molecule has 2 heterocycles. The van der Waals surface area contributed by atoms with Gasteiger partial charge in [0.2, 0.25) is 0 Å². The smallest absolute Gasteiger partial charge is 0.323 e. The second kappa shape index (κ2) is 9.69. The van der Waals surface area contributed by atoms with Gasteiger partial charge in [0.05, 0.1) is 23.8 Å². The van der Waals surface area contributed by atoms with Crippen LogP contribution in [0.15, 0.2) is 46.5 Å². The third-order valence-corrected chi connectivity index (χ3v) is 5.42. The summed E-state index contributed by atoms with van der Waals surface area (Å²) in [5.74, 6) is -0.736.